The number of nitrogens with one attached hydrogen (secondary N) is 1. The number of amidine groups is 1. The maximum atomic E-state index is 13.4. The van der Waals surface area contributed by atoms with Gasteiger partial charge in [-0.2, -0.15) is 0 Å². The van der Waals surface area contributed by atoms with Gasteiger partial charge in [0.05, 0.1) is 13.2 Å². The summed E-state index contributed by atoms with van der Waals surface area (Å²) in [6.45, 7) is 5.35. The highest BCUT2D eigenvalue weighted by atomic mass is 19.1. The molecule has 3 rings (SSSR count). The highest BCUT2D eigenvalue weighted by Crippen LogP contribution is 2.27. The monoisotopic (exact) mass is 292 g/mol. The van der Waals surface area contributed by atoms with E-state index < -0.39 is 0 Å². The number of morpholine rings is 1. The number of benzene rings is 1. The van der Waals surface area contributed by atoms with E-state index in [2.05, 4.69) is 9.80 Å². The molecule has 0 aliphatic carbocycles. The van der Waals surface area contributed by atoms with Crippen molar-refractivity contribution in [3.8, 4) is 0 Å². The first kappa shape index (κ1) is 14.3. The van der Waals surface area contributed by atoms with Crippen molar-refractivity contribution < 1.29 is 9.13 Å². The van der Waals surface area contributed by atoms with Crippen molar-refractivity contribution in [3.63, 3.8) is 0 Å². The Balaban J connectivity index is 1.75. The van der Waals surface area contributed by atoms with Crippen molar-refractivity contribution in [3.05, 3.63) is 29.6 Å². The SMILES string of the molecule is N=C(N)c1cc(F)ccc1N1CCC(N2CCOCC2)C1. The quantitative estimate of drug-likeness (QED) is 0.645. The summed E-state index contributed by atoms with van der Waals surface area (Å²) in [4.78, 5) is 4.66. The molecule has 2 heterocycles. The van der Waals surface area contributed by atoms with Crippen LogP contribution in [-0.4, -0.2) is 56.2 Å². The molecule has 5 nitrogen and oxygen atoms in total. The molecule has 6 heteroatoms. The Labute approximate surface area is 124 Å². The van der Waals surface area contributed by atoms with Crippen LogP contribution < -0.4 is 10.6 Å². The largest absolute Gasteiger partial charge is 0.384 e. The van der Waals surface area contributed by atoms with Crippen LogP contribution in [0, 0.1) is 11.2 Å². The van der Waals surface area contributed by atoms with E-state index in [-0.39, 0.29) is 11.7 Å². The fourth-order valence-corrected chi connectivity index (χ4v) is 3.20. The molecule has 3 N–H and O–H groups in total. The molecule has 0 saturated carbocycles. The van der Waals surface area contributed by atoms with Gasteiger partial charge in [-0.1, -0.05) is 0 Å². The van der Waals surface area contributed by atoms with Crippen LogP contribution in [-0.2, 0) is 4.74 Å². The summed E-state index contributed by atoms with van der Waals surface area (Å²) in [6, 6.07) is 5.01. The third kappa shape index (κ3) is 3.01. The first-order valence-corrected chi connectivity index (χ1v) is 7.36. The summed E-state index contributed by atoms with van der Waals surface area (Å²) >= 11 is 0. The lowest BCUT2D eigenvalue weighted by atomic mass is 10.1. The standard InChI is InChI=1S/C15H21FN4O/c16-11-1-2-14(13(9-11)15(17)18)20-4-3-12(10-20)19-5-7-21-8-6-19/h1-2,9,12H,3-8,10H2,(H3,17,18). The molecule has 2 saturated heterocycles. The predicted octanol–water partition coefficient (Wildman–Crippen LogP) is 1.02. The van der Waals surface area contributed by atoms with Gasteiger partial charge in [-0.25, -0.2) is 4.39 Å². The van der Waals surface area contributed by atoms with E-state index in [0.717, 1.165) is 51.5 Å². The molecule has 2 aliphatic heterocycles. The Morgan fingerprint density at radius 2 is 2.05 bits per heavy atom. The fourth-order valence-electron chi connectivity index (χ4n) is 3.20. The lowest BCUT2D eigenvalue weighted by molar-refractivity contribution is 0.0209. The summed E-state index contributed by atoms with van der Waals surface area (Å²) < 4.78 is 18.8. The van der Waals surface area contributed by atoms with Crippen LogP contribution in [0.25, 0.3) is 0 Å². The van der Waals surface area contributed by atoms with E-state index in [9.17, 15) is 4.39 Å². The van der Waals surface area contributed by atoms with Crippen molar-refractivity contribution in [1.29, 1.82) is 5.41 Å². The maximum Gasteiger partial charge on any atom is 0.125 e. The minimum Gasteiger partial charge on any atom is -0.384 e. The first-order valence-electron chi connectivity index (χ1n) is 7.36. The molecule has 21 heavy (non-hydrogen) atoms. The van der Waals surface area contributed by atoms with Crippen LogP contribution in [0.4, 0.5) is 10.1 Å². The highest BCUT2D eigenvalue weighted by molar-refractivity contribution is 6.00. The minimum absolute atomic E-state index is 0.0840. The van der Waals surface area contributed by atoms with E-state index in [1.165, 1.54) is 12.1 Å². The lowest BCUT2D eigenvalue weighted by Crippen LogP contribution is -2.44. The zero-order valence-corrected chi connectivity index (χ0v) is 12.0. The third-order valence-electron chi connectivity index (χ3n) is 4.31. The summed E-state index contributed by atoms with van der Waals surface area (Å²) in [5, 5.41) is 7.64. The molecule has 2 aliphatic rings. The topological polar surface area (TPSA) is 65.6 Å². The molecule has 114 valence electrons. The average molecular weight is 292 g/mol. The van der Waals surface area contributed by atoms with E-state index in [4.69, 9.17) is 15.9 Å². The summed E-state index contributed by atoms with van der Waals surface area (Å²) in [5.41, 5.74) is 6.94. The number of halogens is 1. The van der Waals surface area contributed by atoms with Gasteiger partial charge < -0.3 is 15.4 Å². The summed E-state index contributed by atoms with van der Waals surface area (Å²) in [7, 11) is 0. The van der Waals surface area contributed by atoms with Crippen LogP contribution >= 0.6 is 0 Å². The van der Waals surface area contributed by atoms with Gasteiger partial charge in [0.2, 0.25) is 0 Å². The Bertz CT molecular complexity index is 530. The molecule has 1 aromatic carbocycles. The number of hydrogen-bond acceptors (Lipinski definition) is 4. The second-order valence-corrected chi connectivity index (χ2v) is 5.61. The fraction of sp³-hybridized carbons (Fsp3) is 0.533. The molecule has 0 bridgehead atoms. The van der Waals surface area contributed by atoms with Gasteiger partial charge in [0.1, 0.15) is 11.7 Å². The molecule has 0 radical (unpaired) electrons. The van der Waals surface area contributed by atoms with Crippen LogP contribution in [0.15, 0.2) is 18.2 Å². The van der Waals surface area contributed by atoms with Crippen molar-refractivity contribution >= 4 is 11.5 Å². The Morgan fingerprint density at radius 3 is 2.76 bits per heavy atom. The second-order valence-electron chi connectivity index (χ2n) is 5.61. The van der Waals surface area contributed by atoms with Gasteiger partial charge in [0.15, 0.2) is 0 Å². The van der Waals surface area contributed by atoms with Gasteiger partial charge >= 0.3 is 0 Å². The zero-order chi connectivity index (χ0) is 14.8. The minimum atomic E-state index is -0.354. The normalized spacial score (nSPS) is 23.5. The van der Waals surface area contributed by atoms with E-state index >= 15 is 0 Å². The number of nitrogens with zero attached hydrogens (tertiary/aromatic N) is 2. The van der Waals surface area contributed by atoms with E-state index in [1.807, 2.05) is 0 Å². The van der Waals surface area contributed by atoms with Crippen LogP contribution in [0.3, 0.4) is 0 Å². The van der Waals surface area contributed by atoms with Gasteiger partial charge in [-0.15, -0.1) is 0 Å². The Morgan fingerprint density at radius 1 is 1.29 bits per heavy atom. The Kier molecular flexibility index (Phi) is 4.07. The van der Waals surface area contributed by atoms with Gasteiger partial charge in [0, 0.05) is 43.5 Å². The smallest absolute Gasteiger partial charge is 0.125 e. The van der Waals surface area contributed by atoms with E-state index in [1.54, 1.807) is 6.07 Å². The van der Waals surface area contributed by atoms with Gasteiger partial charge in [0.25, 0.3) is 0 Å². The zero-order valence-electron chi connectivity index (χ0n) is 12.0. The maximum absolute atomic E-state index is 13.4. The van der Waals surface area contributed by atoms with Crippen molar-refractivity contribution in [2.75, 3.05) is 44.3 Å². The highest BCUT2D eigenvalue weighted by Gasteiger charge is 2.30. The predicted molar refractivity (Wildman–Crippen MR) is 80.4 cm³/mol. The second kappa shape index (κ2) is 5.99. The van der Waals surface area contributed by atoms with Gasteiger partial charge in [-0.05, 0) is 24.6 Å². The number of nitrogen functional groups attached to an aromatic ring is 1. The third-order valence-corrected chi connectivity index (χ3v) is 4.31. The molecule has 1 aromatic rings. The summed E-state index contributed by atoms with van der Waals surface area (Å²) in [6.07, 6.45) is 1.08. The van der Waals surface area contributed by atoms with Crippen molar-refractivity contribution in [1.82, 2.24) is 4.90 Å². The average Bonchev–Trinajstić information content (AvgIpc) is 2.97. The molecule has 1 atom stereocenters. The van der Waals surface area contributed by atoms with Crippen LogP contribution in [0.5, 0.6) is 0 Å². The molecular weight excluding hydrogens is 271 g/mol. The van der Waals surface area contributed by atoms with Crippen molar-refractivity contribution in [2.24, 2.45) is 5.73 Å². The number of nitrogens with two attached hydrogens (primary N) is 1. The Hall–Kier alpha value is -1.66. The van der Waals surface area contributed by atoms with Gasteiger partial charge in [-0.3, -0.25) is 10.3 Å². The molecule has 0 spiro atoms. The molecule has 2 fully saturated rings. The number of anilines is 1. The molecule has 0 aromatic heterocycles. The molecule has 1 unspecified atom stereocenters. The number of hydrogen-bond donors (Lipinski definition) is 2. The van der Waals surface area contributed by atoms with Crippen molar-refractivity contribution in [2.45, 2.75) is 12.5 Å². The first-order chi connectivity index (χ1) is 10.1. The lowest BCUT2D eigenvalue weighted by Gasteiger charge is -2.32. The summed E-state index contributed by atoms with van der Waals surface area (Å²) in [5.74, 6) is -0.438. The number of ether oxygens (including phenoxy) is 1. The molecular formula is C15H21FN4O. The van der Waals surface area contributed by atoms with Crippen LogP contribution in [0.2, 0.25) is 0 Å². The van der Waals surface area contributed by atoms with Crippen LogP contribution in [0.1, 0.15) is 12.0 Å². The molecule has 0 amide bonds. The van der Waals surface area contributed by atoms with E-state index in [0.29, 0.717) is 11.6 Å². The number of rotatable bonds is 3.